The maximum Gasteiger partial charge on any atom is 0.253 e. The molecular formula is C14H18BrIN2O2. The molecule has 1 aromatic carbocycles. The molecule has 20 heavy (non-hydrogen) atoms. The van der Waals surface area contributed by atoms with Crippen LogP contribution in [0.4, 0.5) is 0 Å². The second kappa shape index (κ2) is 6.89. The van der Waals surface area contributed by atoms with Crippen molar-refractivity contribution in [1.29, 1.82) is 0 Å². The van der Waals surface area contributed by atoms with Gasteiger partial charge in [0, 0.05) is 13.6 Å². The molecule has 0 bridgehead atoms. The molecule has 0 heterocycles. The van der Waals surface area contributed by atoms with Crippen LogP contribution in [-0.2, 0) is 4.79 Å². The van der Waals surface area contributed by atoms with E-state index in [-0.39, 0.29) is 17.4 Å². The van der Waals surface area contributed by atoms with E-state index >= 15 is 0 Å². The SMILES string of the molecule is CC(NC(=O)c1cc(I)ccc1Br)C(=O)NC(C)(C)C. The van der Waals surface area contributed by atoms with Crippen LogP contribution < -0.4 is 10.6 Å². The Bertz CT molecular complexity index is 526. The van der Waals surface area contributed by atoms with Crippen molar-refractivity contribution >= 4 is 50.3 Å². The largest absolute Gasteiger partial charge is 0.350 e. The highest BCUT2D eigenvalue weighted by atomic mass is 127. The standard InChI is InChI=1S/C14H18BrIN2O2/c1-8(12(19)18-14(2,3)4)17-13(20)10-7-9(16)5-6-11(10)15/h5-8H,1-4H3,(H,17,20)(H,18,19). The maximum absolute atomic E-state index is 12.2. The average molecular weight is 453 g/mol. The minimum absolute atomic E-state index is 0.201. The number of carbonyl (C=O) groups is 2. The van der Waals surface area contributed by atoms with Gasteiger partial charge in [0.2, 0.25) is 5.91 Å². The Balaban J connectivity index is 2.75. The third-order valence-electron chi connectivity index (χ3n) is 2.41. The zero-order valence-corrected chi connectivity index (χ0v) is 15.6. The molecule has 0 aliphatic heterocycles. The predicted octanol–water partition coefficient (Wildman–Crippen LogP) is 3.09. The summed E-state index contributed by atoms with van der Waals surface area (Å²) in [6, 6.07) is 4.90. The lowest BCUT2D eigenvalue weighted by Crippen LogP contribution is -2.50. The number of rotatable bonds is 3. The van der Waals surface area contributed by atoms with Crippen LogP contribution in [0.1, 0.15) is 38.1 Å². The molecule has 6 heteroatoms. The zero-order valence-electron chi connectivity index (χ0n) is 11.9. The molecule has 0 spiro atoms. The van der Waals surface area contributed by atoms with Crippen LogP contribution in [0.2, 0.25) is 0 Å². The van der Waals surface area contributed by atoms with Crippen molar-refractivity contribution in [3.63, 3.8) is 0 Å². The van der Waals surface area contributed by atoms with Crippen molar-refractivity contribution in [2.75, 3.05) is 0 Å². The van der Waals surface area contributed by atoms with Crippen LogP contribution in [0.15, 0.2) is 22.7 Å². The van der Waals surface area contributed by atoms with E-state index in [9.17, 15) is 9.59 Å². The van der Waals surface area contributed by atoms with Crippen molar-refractivity contribution in [3.8, 4) is 0 Å². The van der Waals surface area contributed by atoms with Gasteiger partial charge in [-0.15, -0.1) is 0 Å². The van der Waals surface area contributed by atoms with Crippen LogP contribution in [0, 0.1) is 3.57 Å². The number of halogens is 2. The minimum atomic E-state index is -0.591. The number of carbonyl (C=O) groups excluding carboxylic acids is 2. The summed E-state index contributed by atoms with van der Waals surface area (Å²) in [5.74, 6) is -0.473. The van der Waals surface area contributed by atoms with Crippen molar-refractivity contribution in [1.82, 2.24) is 10.6 Å². The highest BCUT2D eigenvalue weighted by molar-refractivity contribution is 14.1. The number of benzene rings is 1. The molecule has 0 aliphatic rings. The fourth-order valence-electron chi connectivity index (χ4n) is 1.49. The molecule has 0 aromatic heterocycles. The van der Waals surface area contributed by atoms with Gasteiger partial charge in [0.15, 0.2) is 0 Å². The second-order valence-corrected chi connectivity index (χ2v) is 7.66. The van der Waals surface area contributed by atoms with Crippen LogP contribution in [0.5, 0.6) is 0 Å². The third kappa shape index (κ3) is 5.40. The Morgan fingerprint density at radius 2 is 1.90 bits per heavy atom. The van der Waals surface area contributed by atoms with E-state index in [1.165, 1.54) is 0 Å². The van der Waals surface area contributed by atoms with Gasteiger partial charge in [-0.05, 0) is 84.4 Å². The van der Waals surface area contributed by atoms with Gasteiger partial charge in [0.1, 0.15) is 6.04 Å². The Morgan fingerprint density at radius 3 is 2.45 bits per heavy atom. The van der Waals surface area contributed by atoms with Crippen LogP contribution in [-0.4, -0.2) is 23.4 Å². The van der Waals surface area contributed by atoms with Gasteiger partial charge in [-0.25, -0.2) is 0 Å². The van der Waals surface area contributed by atoms with E-state index in [2.05, 4.69) is 49.2 Å². The summed E-state index contributed by atoms with van der Waals surface area (Å²) in [5, 5.41) is 5.54. The first-order valence-corrected chi connectivity index (χ1v) is 8.05. The summed E-state index contributed by atoms with van der Waals surface area (Å²) >= 11 is 5.48. The van der Waals surface area contributed by atoms with Crippen molar-refractivity contribution in [2.24, 2.45) is 0 Å². The van der Waals surface area contributed by atoms with Crippen LogP contribution in [0.25, 0.3) is 0 Å². The minimum Gasteiger partial charge on any atom is -0.350 e. The summed E-state index contributed by atoms with van der Waals surface area (Å²) in [7, 11) is 0. The summed E-state index contributed by atoms with van der Waals surface area (Å²) < 4.78 is 1.67. The molecule has 0 saturated carbocycles. The van der Waals surface area contributed by atoms with Gasteiger partial charge in [-0.3, -0.25) is 9.59 Å². The number of hydrogen-bond donors (Lipinski definition) is 2. The Labute approximate surface area is 141 Å². The van der Waals surface area contributed by atoms with Crippen molar-refractivity contribution in [2.45, 2.75) is 39.3 Å². The molecule has 0 radical (unpaired) electrons. The summed E-state index contributed by atoms with van der Waals surface area (Å²) in [4.78, 5) is 24.1. The molecule has 2 amide bonds. The van der Waals surface area contributed by atoms with E-state index in [0.29, 0.717) is 10.0 Å². The average Bonchev–Trinajstić information content (AvgIpc) is 2.29. The van der Waals surface area contributed by atoms with Gasteiger partial charge < -0.3 is 10.6 Å². The molecule has 1 rings (SSSR count). The molecule has 1 unspecified atom stereocenters. The molecular weight excluding hydrogens is 435 g/mol. The molecule has 1 atom stereocenters. The second-order valence-electron chi connectivity index (χ2n) is 5.56. The van der Waals surface area contributed by atoms with Crippen molar-refractivity contribution in [3.05, 3.63) is 31.8 Å². The maximum atomic E-state index is 12.2. The van der Waals surface area contributed by atoms with E-state index < -0.39 is 6.04 Å². The molecule has 4 nitrogen and oxygen atoms in total. The fraction of sp³-hybridized carbons (Fsp3) is 0.429. The zero-order chi connectivity index (χ0) is 15.5. The molecule has 1 aromatic rings. The summed E-state index contributed by atoms with van der Waals surface area (Å²) in [6.45, 7) is 7.36. The van der Waals surface area contributed by atoms with Gasteiger partial charge in [0.25, 0.3) is 5.91 Å². The first-order valence-electron chi connectivity index (χ1n) is 6.18. The normalized spacial score (nSPS) is 12.7. The first kappa shape index (κ1) is 17.4. The topological polar surface area (TPSA) is 58.2 Å². The van der Waals surface area contributed by atoms with Gasteiger partial charge in [0.05, 0.1) is 5.56 Å². The van der Waals surface area contributed by atoms with E-state index in [0.717, 1.165) is 3.57 Å². The van der Waals surface area contributed by atoms with Gasteiger partial charge >= 0.3 is 0 Å². The lowest BCUT2D eigenvalue weighted by Gasteiger charge is -2.23. The number of hydrogen-bond acceptors (Lipinski definition) is 2. The summed E-state index contributed by atoms with van der Waals surface area (Å²) in [5.41, 5.74) is 0.200. The fourth-order valence-corrected chi connectivity index (χ4v) is 2.41. The van der Waals surface area contributed by atoms with Crippen molar-refractivity contribution < 1.29 is 9.59 Å². The molecule has 0 saturated heterocycles. The molecule has 110 valence electrons. The Kier molecular flexibility index (Phi) is 6.00. The van der Waals surface area contributed by atoms with Crippen LogP contribution in [0.3, 0.4) is 0 Å². The third-order valence-corrected chi connectivity index (χ3v) is 3.77. The lowest BCUT2D eigenvalue weighted by molar-refractivity contribution is -0.124. The Morgan fingerprint density at radius 1 is 1.30 bits per heavy atom. The smallest absolute Gasteiger partial charge is 0.253 e. The monoisotopic (exact) mass is 452 g/mol. The number of nitrogens with one attached hydrogen (secondary N) is 2. The lowest BCUT2D eigenvalue weighted by atomic mass is 10.1. The highest BCUT2D eigenvalue weighted by Crippen LogP contribution is 2.19. The van der Waals surface area contributed by atoms with Gasteiger partial charge in [-0.2, -0.15) is 0 Å². The van der Waals surface area contributed by atoms with E-state index in [4.69, 9.17) is 0 Å². The quantitative estimate of drug-likeness (QED) is 0.692. The molecule has 0 fully saturated rings. The summed E-state index contributed by atoms with van der Waals surface area (Å²) in [6.07, 6.45) is 0. The van der Waals surface area contributed by atoms with Crippen LogP contribution >= 0.6 is 38.5 Å². The molecule has 0 aliphatic carbocycles. The van der Waals surface area contributed by atoms with Gasteiger partial charge in [-0.1, -0.05) is 0 Å². The first-order chi connectivity index (χ1) is 9.10. The molecule has 2 N–H and O–H groups in total. The van der Waals surface area contributed by atoms with E-state index in [1.807, 2.05) is 32.9 Å². The number of amides is 2. The highest BCUT2D eigenvalue weighted by Gasteiger charge is 2.21. The predicted molar refractivity (Wildman–Crippen MR) is 91.7 cm³/mol. The van der Waals surface area contributed by atoms with E-state index in [1.54, 1.807) is 13.0 Å². The Hall–Kier alpha value is -0.630.